The number of hydrazine groups is 1. The zero-order valence-corrected chi connectivity index (χ0v) is 21.9. The van der Waals surface area contributed by atoms with Crippen LogP contribution in [0, 0.1) is 0 Å². The van der Waals surface area contributed by atoms with E-state index in [9.17, 15) is 13.2 Å². The molecule has 0 bridgehead atoms. The number of nitrogens with zero attached hydrogens (tertiary/aromatic N) is 2. The number of halogens is 2. The fraction of sp³-hybridized carbons (Fsp3) is 0.208. The number of allylic oxidation sites excluding steroid dienone is 1. The van der Waals surface area contributed by atoms with Crippen molar-refractivity contribution in [2.75, 3.05) is 14.2 Å². The van der Waals surface area contributed by atoms with Crippen LogP contribution < -0.4 is 14.9 Å². The first kappa shape index (κ1) is 25.9. The maximum absolute atomic E-state index is 13.6. The summed E-state index contributed by atoms with van der Waals surface area (Å²) in [5.74, 6) is -0.163. The van der Waals surface area contributed by atoms with E-state index < -0.39 is 16.0 Å². The molecule has 2 N–H and O–H groups in total. The molecule has 0 aromatic heterocycles. The number of hydrogen-bond donors (Lipinski definition) is 2. The van der Waals surface area contributed by atoms with Crippen molar-refractivity contribution in [1.29, 1.82) is 0 Å². The molecule has 2 aliphatic rings. The number of carbonyl (C=O) groups is 1. The second-order valence-corrected chi connectivity index (χ2v) is 10.9. The number of methoxy groups -OCH3 is 1. The van der Waals surface area contributed by atoms with Gasteiger partial charge >= 0.3 is 5.97 Å². The number of likely N-dealkylation sites (N-methyl/N-ethyl adjacent to an activating group) is 1. The van der Waals surface area contributed by atoms with Crippen LogP contribution in [-0.4, -0.2) is 49.0 Å². The summed E-state index contributed by atoms with van der Waals surface area (Å²) in [6.45, 7) is 1.92. The van der Waals surface area contributed by atoms with Crippen molar-refractivity contribution in [1.82, 2.24) is 14.7 Å². The van der Waals surface area contributed by atoms with Gasteiger partial charge in [-0.05, 0) is 48.9 Å². The second kappa shape index (κ2) is 10.1. The fourth-order valence-electron chi connectivity index (χ4n) is 3.86. The van der Waals surface area contributed by atoms with Crippen molar-refractivity contribution in [2.45, 2.75) is 24.3 Å². The van der Waals surface area contributed by atoms with E-state index >= 15 is 0 Å². The molecule has 190 valence electrons. The van der Waals surface area contributed by atoms with E-state index in [-0.39, 0.29) is 39.6 Å². The summed E-state index contributed by atoms with van der Waals surface area (Å²) < 4.78 is 40.0. The lowest BCUT2D eigenvalue weighted by Gasteiger charge is -2.32. The third-order valence-corrected chi connectivity index (χ3v) is 7.99. The smallest absolute Gasteiger partial charge is 0.307 e. The SMILES string of the molecule is COc1cc(CC(=O)O)ccc1OC1=C(N(C)S(=O)(=O)c2ccc(Cl)cc2Cl)C2=CC(C)NN2C=C1. The van der Waals surface area contributed by atoms with E-state index in [0.29, 0.717) is 22.0 Å². The number of sulfonamides is 1. The third-order valence-electron chi connectivity index (χ3n) is 5.51. The standard InChI is InChI=1S/C24H23Cl2N3O6S/c1-14-10-18-24(28(2)36(32,33)22-7-5-16(25)13-17(22)26)20(8-9-29(18)27-14)35-19-6-4-15(12-23(30)31)11-21(19)34-3/h4-11,13-14,27H,12H2,1-3H3,(H,30,31). The molecule has 2 aliphatic heterocycles. The Labute approximate surface area is 218 Å². The van der Waals surface area contributed by atoms with Gasteiger partial charge in [-0.25, -0.2) is 13.8 Å². The van der Waals surface area contributed by atoms with Gasteiger partial charge in [-0.15, -0.1) is 0 Å². The molecule has 2 aromatic rings. The highest BCUT2D eigenvalue weighted by molar-refractivity contribution is 7.89. The van der Waals surface area contributed by atoms with Gasteiger partial charge in [-0.3, -0.25) is 14.1 Å². The minimum Gasteiger partial charge on any atom is -0.493 e. The van der Waals surface area contributed by atoms with Crippen LogP contribution in [0.5, 0.6) is 11.5 Å². The van der Waals surface area contributed by atoms with Crippen LogP contribution >= 0.6 is 23.2 Å². The maximum Gasteiger partial charge on any atom is 0.307 e. The molecular formula is C24H23Cl2N3O6S. The van der Waals surface area contributed by atoms with Crippen molar-refractivity contribution >= 4 is 39.2 Å². The lowest BCUT2D eigenvalue weighted by molar-refractivity contribution is -0.136. The minimum atomic E-state index is -4.12. The molecule has 0 spiro atoms. The Hall–Kier alpha value is -3.18. The summed E-state index contributed by atoms with van der Waals surface area (Å²) in [5.41, 5.74) is 4.56. The highest BCUT2D eigenvalue weighted by Crippen LogP contribution is 2.38. The molecule has 0 amide bonds. The molecule has 0 aliphatic carbocycles. The fourth-order valence-corrected chi connectivity index (χ4v) is 5.82. The predicted octanol–water partition coefficient (Wildman–Crippen LogP) is 4.16. The molecule has 12 heteroatoms. The lowest BCUT2D eigenvalue weighted by Crippen LogP contribution is -2.38. The zero-order valence-electron chi connectivity index (χ0n) is 19.5. The van der Waals surface area contributed by atoms with Gasteiger partial charge in [0.05, 0.1) is 24.3 Å². The first-order valence-electron chi connectivity index (χ1n) is 10.7. The molecule has 0 fully saturated rings. The molecule has 1 atom stereocenters. The Morgan fingerprint density at radius 1 is 1.19 bits per heavy atom. The highest BCUT2D eigenvalue weighted by Gasteiger charge is 2.36. The van der Waals surface area contributed by atoms with Crippen LogP contribution in [0.2, 0.25) is 10.0 Å². The predicted molar refractivity (Wildman–Crippen MR) is 135 cm³/mol. The van der Waals surface area contributed by atoms with E-state index in [1.54, 1.807) is 35.5 Å². The minimum absolute atomic E-state index is 0.0109. The molecule has 2 heterocycles. The summed E-state index contributed by atoms with van der Waals surface area (Å²) in [4.78, 5) is 11.0. The van der Waals surface area contributed by atoms with E-state index in [1.165, 1.54) is 32.4 Å². The quantitative estimate of drug-likeness (QED) is 0.503. The van der Waals surface area contributed by atoms with E-state index in [0.717, 1.165) is 4.31 Å². The van der Waals surface area contributed by atoms with Crippen LogP contribution in [-0.2, 0) is 21.2 Å². The normalized spacial score (nSPS) is 17.1. The van der Waals surface area contributed by atoms with Crippen LogP contribution in [0.3, 0.4) is 0 Å². The van der Waals surface area contributed by atoms with Crippen molar-refractivity contribution < 1.29 is 27.8 Å². The summed E-state index contributed by atoms with van der Waals surface area (Å²) in [6.07, 6.45) is 5.02. The number of carboxylic acid groups (broad SMARTS) is 1. The van der Waals surface area contributed by atoms with Crippen LogP contribution in [0.25, 0.3) is 0 Å². The number of hydrogen-bond acceptors (Lipinski definition) is 7. The Balaban J connectivity index is 1.81. The van der Waals surface area contributed by atoms with Crippen LogP contribution in [0.4, 0.5) is 0 Å². The Morgan fingerprint density at radius 2 is 1.94 bits per heavy atom. The number of nitrogens with one attached hydrogen (secondary N) is 1. The number of fused-ring (bicyclic) bond motifs is 1. The van der Waals surface area contributed by atoms with Crippen LogP contribution in [0.15, 0.2) is 76.8 Å². The maximum atomic E-state index is 13.6. The topological polar surface area (TPSA) is 108 Å². The number of rotatable bonds is 8. The van der Waals surface area contributed by atoms with Crippen LogP contribution in [0.1, 0.15) is 12.5 Å². The molecule has 9 nitrogen and oxygen atoms in total. The summed E-state index contributed by atoms with van der Waals surface area (Å²) in [5, 5.41) is 11.1. The average molecular weight is 552 g/mol. The molecule has 0 saturated heterocycles. The highest BCUT2D eigenvalue weighted by atomic mass is 35.5. The number of ether oxygens (including phenoxy) is 2. The average Bonchev–Trinajstić information content (AvgIpc) is 3.19. The van der Waals surface area contributed by atoms with Crippen molar-refractivity contribution in [2.24, 2.45) is 0 Å². The van der Waals surface area contributed by atoms with Gasteiger partial charge in [0.2, 0.25) is 0 Å². The van der Waals surface area contributed by atoms with E-state index in [4.69, 9.17) is 37.8 Å². The van der Waals surface area contributed by atoms with Gasteiger partial charge < -0.3 is 14.6 Å². The van der Waals surface area contributed by atoms with Gasteiger partial charge in [0.15, 0.2) is 17.3 Å². The van der Waals surface area contributed by atoms with Crippen molar-refractivity contribution in [3.8, 4) is 11.5 Å². The van der Waals surface area contributed by atoms with E-state index in [1.807, 2.05) is 13.0 Å². The summed E-state index contributed by atoms with van der Waals surface area (Å²) in [6, 6.07) is 8.85. The molecule has 36 heavy (non-hydrogen) atoms. The first-order valence-corrected chi connectivity index (χ1v) is 12.9. The van der Waals surface area contributed by atoms with Gasteiger partial charge in [-0.2, -0.15) is 0 Å². The largest absolute Gasteiger partial charge is 0.493 e. The molecule has 1 unspecified atom stereocenters. The van der Waals surface area contributed by atoms with Gasteiger partial charge in [0.1, 0.15) is 10.6 Å². The molecular weight excluding hydrogens is 529 g/mol. The zero-order chi connectivity index (χ0) is 26.2. The molecule has 0 saturated carbocycles. The first-order chi connectivity index (χ1) is 17.0. The number of carboxylic acids is 1. The van der Waals surface area contributed by atoms with Gasteiger partial charge in [0, 0.05) is 30.4 Å². The molecule has 0 radical (unpaired) electrons. The summed E-state index contributed by atoms with van der Waals surface area (Å²) in [7, 11) is -1.28. The molecule has 4 rings (SSSR count). The number of aliphatic carboxylic acids is 1. The summed E-state index contributed by atoms with van der Waals surface area (Å²) >= 11 is 12.2. The van der Waals surface area contributed by atoms with Crippen molar-refractivity contribution in [3.05, 3.63) is 87.5 Å². The lowest BCUT2D eigenvalue weighted by atomic mass is 10.1. The second-order valence-electron chi connectivity index (χ2n) is 8.07. The Morgan fingerprint density at radius 3 is 2.61 bits per heavy atom. The third kappa shape index (κ3) is 5.03. The van der Waals surface area contributed by atoms with Gasteiger partial charge in [-0.1, -0.05) is 29.3 Å². The number of benzene rings is 2. The molecule has 2 aromatic carbocycles. The Kier molecular flexibility index (Phi) is 7.24. The van der Waals surface area contributed by atoms with Crippen molar-refractivity contribution in [3.63, 3.8) is 0 Å². The monoisotopic (exact) mass is 551 g/mol. The Bertz CT molecular complexity index is 1420. The van der Waals surface area contributed by atoms with Gasteiger partial charge in [0.25, 0.3) is 10.0 Å². The van der Waals surface area contributed by atoms with E-state index in [2.05, 4.69) is 5.43 Å².